The molecule has 0 saturated carbocycles. The van der Waals surface area contributed by atoms with Gasteiger partial charge in [-0.05, 0) is 61.4 Å². The number of benzene rings is 1. The van der Waals surface area contributed by atoms with Crippen molar-refractivity contribution in [2.45, 2.75) is 124 Å². The normalized spacial score (nSPS) is 11.2. The molecule has 0 aliphatic rings. The Hall–Kier alpha value is -0.980. The lowest BCUT2D eigenvalue weighted by Gasteiger charge is -2.15. The van der Waals surface area contributed by atoms with Crippen LogP contribution in [0.4, 0.5) is 5.69 Å². The smallest absolute Gasteiger partial charge is 0.0352 e. The van der Waals surface area contributed by atoms with Crippen molar-refractivity contribution in [2.24, 2.45) is 0 Å². The van der Waals surface area contributed by atoms with Gasteiger partial charge in [-0.25, -0.2) is 0 Å². The van der Waals surface area contributed by atoms with Gasteiger partial charge in [-0.2, -0.15) is 0 Å². The van der Waals surface area contributed by atoms with Crippen LogP contribution in [0, 0.1) is 13.8 Å². The molecule has 26 heavy (non-hydrogen) atoms. The second-order valence-corrected chi connectivity index (χ2v) is 8.20. The Morgan fingerprint density at radius 3 is 1.58 bits per heavy atom. The Kier molecular flexibility index (Phi) is 12.5. The summed E-state index contributed by atoms with van der Waals surface area (Å²) < 4.78 is 0. The summed E-state index contributed by atoms with van der Waals surface area (Å²) in [6.07, 6.45) is 20.7. The molecule has 0 spiro atoms. The number of aryl methyl sites for hydroxylation is 1. The zero-order valence-corrected chi connectivity index (χ0v) is 18.3. The van der Waals surface area contributed by atoms with Gasteiger partial charge in [0, 0.05) is 5.69 Å². The van der Waals surface area contributed by atoms with Gasteiger partial charge in [-0.15, -0.1) is 0 Å². The molecule has 1 rings (SSSR count). The quantitative estimate of drug-likeness (QED) is 0.248. The van der Waals surface area contributed by atoms with E-state index in [2.05, 4.69) is 33.8 Å². The van der Waals surface area contributed by atoms with E-state index in [0.717, 1.165) is 12.1 Å². The SMILES string of the molecule is CCCCCCCCCCCCCCCc1cc(N)c(CC)c(C)c1C. The maximum Gasteiger partial charge on any atom is 0.0352 e. The molecule has 0 unspecified atom stereocenters. The van der Waals surface area contributed by atoms with E-state index in [1.165, 1.54) is 112 Å². The van der Waals surface area contributed by atoms with E-state index in [-0.39, 0.29) is 0 Å². The summed E-state index contributed by atoms with van der Waals surface area (Å²) in [6.45, 7) is 8.99. The van der Waals surface area contributed by atoms with Gasteiger partial charge in [-0.3, -0.25) is 0 Å². The summed E-state index contributed by atoms with van der Waals surface area (Å²) in [5, 5.41) is 0. The topological polar surface area (TPSA) is 26.0 Å². The van der Waals surface area contributed by atoms with E-state index >= 15 is 0 Å². The third-order valence-corrected chi connectivity index (χ3v) is 6.08. The molecule has 1 heteroatoms. The number of nitrogen functional groups attached to an aromatic ring is 1. The minimum atomic E-state index is 1.00. The van der Waals surface area contributed by atoms with Crippen molar-refractivity contribution < 1.29 is 0 Å². The summed E-state index contributed by atoms with van der Waals surface area (Å²) in [5.74, 6) is 0. The molecular weight excluding hydrogens is 314 g/mol. The number of nitrogens with two attached hydrogens (primary N) is 1. The van der Waals surface area contributed by atoms with Crippen LogP contribution in [-0.2, 0) is 12.8 Å². The summed E-state index contributed by atoms with van der Waals surface area (Å²) in [5.41, 5.74) is 12.9. The fraction of sp³-hybridized carbons (Fsp3) is 0.760. The highest BCUT2D eigenvalue weighted by Gasteiger charge is 2.09. The van der Waals surface area contributed by atoms with Gasteiger partial charge in [-0.1, -0.05) is 90.9 Å². The molecule has 0 heterocycles. The van der Waals surface area contributed by atoms with Gasteiger partial charge in [0.05, 0.1) is 0 Å². The third-order valence-electron chi connectivity index (χ3n) is 6.08. The molecule has 0 saturated heterocycles. The molecule has 1 nitrogen and oxygen atoms in total. The molecule has 2 N–H and O–H groups in total. The van der Waals surface area contributed by atoms with Crippen LogP contribution in [0.3, 0.4) is 0 Å². The fourth-order valence-corrected chi connectivity index (χ4v) is 4.13. The molecule has 150 valence electrons. The van der Waals surface area contributed by atoms with E-state index in [1.807, 2.05) is 0 Å². The van der Waals surface area contributed by atoms with Crippen molar-refractivity contribution in [2.75, 3.05) is 5.73 Å². The number of hydrogen-bond donors (Lipinski definition) is 1. The summed E-state index contributed by atoms with van der Waals surface area (Å²) in [7, 11) is 0. The van der Waals surface area contributed by atoms with Crippen molar-refractivity contribution in [1.82, 2.24) is 0 Å². The molecule has 0 fully saturated rings. The number of unbranched alkanes of at least 4 members (excludes halogenated alkanes) is 12. The van der Waals surface area contributed by atoms with Crippen LogP contribution in [-0.4, -0.2) is 0 Å². The van der Waals surface area contributed by atoms with E-state index in [0.29, 0.717) is 0 Å². The Labute approximate surface area is 164 Å². The van der Waals surface area contributed by atoms with Gasteiger partial charge in [0.25, 0.3) is 0 Å². The van der Waals surface area contributed by atoms with E-state index < -0.39 is 0 Å². The second-order valence-electron chi connectivity index (χ2n) is 8.20. The Balaban J connectivity index is 2.06. The van der Waals surface area contributed by atoms with Gasteiger partial charge >= 0.3 is 0 Å². The Bertz CT molecular complexity index is 489. The van der Waals surface area contributed by atoms with Crippen LogP contribution < -0.4 is 5.73 Å². The average molecular weight is 360 g/mol. The second kappa shape index (κ2) is 14.1. The van der Waals surface area contributed by atoms with E-state index in [4.69, 9.17) is 5.73 Å². The number of anilines is 1. The summed E-state index contributed by atoms with van der Waals surface area (Å²) in [4.78, 5) is 0. The van der Waals surface area contributed by atoms with Gasteiger partial charge in [0.2, 0.25) is 0 Å². The Morgan fingerprint density at radius 1 is 0.654 bits per heavy atom. The van der Waals surface area contributed by atoms with Gasteiger partial charge < -0.3 is 5.73 Å². The van der Waals surface area contributed by atoms with Crippen LogP contribution in [0.2, 0.25) is 0 Å². The maximum absolute atomic E-state index is 6.25. The van der Waals surface area contributed by atoms with E-state index in [9.17, 15) is 0 Å². The zero-order chi connectivity index (χ0) is 19.2. The third kappa shape index (κ3) is 8.60. The fourth-order valence-electron chi connectivity index (χ4n) is 4.13. The molecule has 0 aliphatic heterocycles. The lowest BCUT2D eigenvalue weighted by molar-refractivity contribution is 0.539. The first kappa shape index (κ1) is 23.1. The minimum Gasteiger partial charge on any atom is -0.398 e. The van der Waals surface area contributed by atoms with Crippen molar-refractivity contribution in [3.63, 3.8) is 0 Å². The predicted octanol–water partition coefficient (Wildman–Crippen LogP) is 8.08. The van der Waals surface area contributed by atoms with Crippen molar-refractivity contribution >= 4 is 5.69 Å². The van der Waals surface area contributed by atoms with Crippen molar-refractivity contribution in [1.29, 1.82) is 0 Å². The predicted molar refractivity (Wildman–Crippen MR) is 119 cm³/mol. The highest BCUT2D eigenvalue weighted by molar-refractivity contribution is 5.56. The zero-order valence-electron chi connectivity index (χ0n) is 18.3. The van der Waals surface area contributed by atoms with Crippen LogP contribution >= 0.6 is 0 Å². The van der Waals surface area contributed by atoms with E-state index in [1.54, 1.807) is 0 Å². The first-order valence-electron chi connectivity index (χ1n) is 11.5. The van der Waals surface area contributed by atoms with Crippen molar-refractivity contribution in [3.8, 4) is 0 Å². The number of hydrogen-bond acceptors (Lipinski definition) is 1. The van der Waals surface area contributed by atoms with Gasteiger partial charge in [0.15, 0.2) is 0 Å². The minimum absolute atomic E-state index is 1.00. The van der Waals surface area contributed by atoms with Crippen molar-refractivity contribution in [3.05, 3.63) is 28.3 Å². The molecule has 0 amide bonds. The number of rotatable bonds is 15. The maximum atomic E-state index is 6.25. The van der Waals surface area contributed by atoms with Crippen LogP contribution in [0.5, 0.6) is 0 Å². The van der Waals surface area contributed by atoms with Crippen LogP contribution in [0.1, 0.15) is 120 Å². The summed E-state index contributed by atoms with van der Waals surface area (Å²) >= 11 is 0. The van der Waals surface area contributed by atoms with Crippen LogP contribution in [0.15, 0.2) is 6.07 Å². The average Bonchev–Trinajstić information content (AvgIpc) is 2.63. The molecule has 0 aliphatic carbocycles. The molecule has 0 atom stereocenters. The Morgan fingerprint density at radius 2 is 1.12 bits per heavy atom. The highest BCUT2D eigenvalue weighted by Crippen LogP contribution is 2.26. The lowest BCUT2D eigenvalue weighted by atomic mass is 9.92. The first-order chi connectivity index (χ1) is 12.6. The molecule has 1 aromatic rings. The molecule has 0 aromatic heterocycles. The largest absolute Gasteiger partial charge is 0.398 e. The molecule has 0 radical (unpaired) electrons. The van der Waals surface area contributed by atoms with Crippen LogP contribution in [0.25, 0.3) is 0 Å². The monoisotopic (exact) mass is 359 g/mol. The van der Waals surface area contributed by atoms with Gasteiger partial charge in [0.1, 0.15) is 0 Å². The molecular formula is C25H45N. The molecule has 0 bridgehead atoms. The lowest BCUT2D eigenvalue weighted by Crippen LogP contribution is -2.02. The molecule has 1 aromatic carbocycles. The highest BCUT2D eigenvalue weighted by atomic mass is 14.6. The summed E-state index contributed by atoms with van der Waals surface area (Å²) in [6, 6.07) is 2.24. The standard InChI is InChI=1S/C25H45N/c1-5-7-8-9-10-11-12-13-14-15-16-17-18-19-23-20-25(26)24(6-2)22(4)21(23)3/h20H,5-19,26H2,1-4H3. The first-order valence-corrected chi connectivity index (χ1v) is 11.5.